The first-order valence-corrected chi connectivity index (χ1v) is 11.8. The van der Waals surface area contributed by atoms with Crippen molar-refractivity contribution >= 4 is 11.8 Å². The van der Waals surface area contributed by atoms with Gasteiger partial charge >= 0.3 is 0 Å². The SMILES string of the molecule is C=CC(=O)NCCCCOCCCC1CCN(CCOCCCCNC(=O)C=C)CC1. The molecule has 1 fully saturated rings. The predicted octanol–water partition coefficient (Wildman–Crippen LogP) is 2.68. The fourth-order valence-corrected chi connectivity index (χ4v) is 3.60. The summed E-state index contributed by atoms with van der Waals surface area (Å²) in [5, 5.41) is 5.54. The number of likely N-dealkylation sites (tertiary alicyclic amines) is 1. The van der Waals surface area contributed by atoms with Crippen molar-refractivity contribution < 1.29 is 19.1 Å². The molecular formula is C24H43N3O4. The lowest BCUT2D eigenvalue weighted by Gasteiger charge is -2.31. The Morgan fingerprint density at radius 1 is 0.806 bits per heavy atom. The second kappa shape index (κ2) is 19.0. The maximum Gasteiger partial charge on any atom is 0.243 e. The molecule has 2 N–H and O–H groups in total. The average molecular weight is 438 g/mol. The molecule has 1 rings (SSSR count). The van der Waals surface area contributed by atoms with E-state index < -0.39 is 0 Å². The van der Waals surface area contributed by atoms with Gasteiger partial charge < -0.3 is 25.0 Å². The van der Waals surface area contributed by atoms with Crippen molar-refractivity contribution in [3.63, 3.8) is 0 Å². The van der Waals surface area contributed by atoms with Crippen LogP contribution in [-0.4, -0.2) is 75.9 Å². The highest BCUT2D eigenvalue weighted by Gasteiger charge is 2.18. The summed E-state index contributed by atoms with van der Waals surface area (Å²) < 4.78 is 11.4. The van der Waals surface area contributed by atoms with E-state index in [9.17, 15) is 9.59 Å². The number of unbranched alkanes of at least 4 members (excludes halogenated alkanes) is 2. The molecule has 0 aromatic heterocycles. The van der Waals surface area contributed by atoms with Crippen molar-refractivity contribution in [2.75, 3.05) is 59.2 Å². The normalized spacial score (nSPS) is 14.8. The molecule has 1 heterocycles. The van der Waals surface area contributed by atoms with Crippen LogP contribution in [-0.2, 0) is 19.1 Å². The molecule has 0 bridgehead atoms. The van der Waals surface area contributed by atoms with Crippen LogP contribution in [0.25, 0.3) is 0 Å². The summed E-state index contributed by atoms with van der Waals surface area (Å²) in [6.07, 6.45) is 11.3. The molecule has 0 aromatic carbocycles. The van der Waals surface area contributed by atoms with Gasteiger partial charge in [-0.15, -0.1) is 0 Å². The second-order valence-electron chi connectivity index (χ2n) is 8.06. The Labute approximate surface area is 188 Å². The number of hydrogen-bond acceptors (Lipinski definition) is 5. The number of ether oxygens (including phenoxy) is 2. The minimum Gasteiger partial charge on any atom is -0.381 e. The molecule has 1 aliphatic heterocycles. The van der Waals surface area contributed by atoms with Crippen molar-refractivity contribution in [2.45, 2.75) is 51.4 Å². The molecule has 0 unspecified atom stereocenters. The average Bonchev–Trinajstić information content (AvgIpc) is 2.80. The van der Waals surface area contributed by atoms with E-state index in [0.29, 0.717) is 13.1 Å². The van der Waals surface area contributed by atoms with E-state index in [4.69, 9.17) is 9.47 Å². The molecule has 2 amide bonds. The third-order valence-electron chi connectivity index (χ3n) is 5.56. The lowest BCUT2D eigenvalue weighted by molar-refractivity contribution is -0.117. The van der Waals surface area contributed by atoms with Gasteiger partial charge in [0.15, 0.2) is 0 Å². The molecule has 31 heavy (non-hydrogen) atoms. The molecule has 0 radical (unpaired) electrons. The van der Waals surface area contributed by atoms with E-state index in [1.165, 1.54) is 44.5 Å². The van der Waals surface area contributed by atoms with Gasteiger partial charge in [0.2, 0.25) is 11.8 Å². The largest absolute Gasteiger partial charge is 0.381 e. The number of nitrogens with zero attached hydrogens (tertiary/aromatic N) is 1. The Kier molecular flexibility index (Phi) is 16.8. The van der Waals surface area contributed by atoms with Crippen LogP contribution in [0.3, 0.4) is 0 Å². The predicted molar refractivity (Wildman–Crippen MR) is 125 cm³/mol. The van der Waals surface area contributed by atoms with Gasteiger partial charge in [-0.1, -0.05) is 13.2 Å². The molecule has 0 aromatic rings. The number of nitrogens with one attached hydrogen (secondary N) is 2. The highest BCUT2D eigenvalue weighted by molar-refractivity contribution is 5.87. The topological polar surface area (TPSA) is 79.9 Å². The van der Waals surface area contributed by atoms with Crippen LogP contribution < -0.4 is 10.6 Å². The van der Waals surface area contributed by atoms with E-state index in [1.54, 1.807) is 0 Å². The zero-order valence-corrected chi connectivity index (χ0v) is 19.2. The fraction of sp³-hybridized carbons (Fsp3) is 0.750. The fourth-order valence-electron chi connectivity index (χ4n) is 3.60. The molecule has 1 aliphatic rings. The van der Waals surface area contributed by atoms with Crippen LogP contribution in [0.4, 0.5) is 0 Å². The van der Waals surface area contributed by atoms with Crippen molar-refractivity contribution in [2.24, 2.45) is 5.92 Å². The van der Waals surface area contributed by atoms with Crippen LogP contribution in [0.15, 0.2) is 25.3 Å². The number of piperidine rings is 1. The van der Waals surface area contributed by atoms with E-state index in [2.05, 4.69) is 28.7 Å². The van der Waals surface area contributed by atoms with E-state index in [1.807, 2.05) is 0 Å². The lowest BCUT2D eigenvalue weighted by Crippen LogP contribution is -2.36. The number of rotatable bonds is 19. The van der Waals surface area contributed by atoms with Crippen molar-refractivity contribution in [1.29, 1.82) is 0 Å². The Hall–Kier alpha value is -1.70. The minimum atomic E-state index is -0.111. The summed E-state index contributed by atoms with van der Waals surface area (Å²) in [6, 6.07) is 0. The molecule has 0 spiro atoms. The number of hydrogen-bond donors (Lipinski definition) is 2. The molecule has 0 atom stereocenters. The monoisotopic (exact) mass is 437 g/mol. The third-order valence-corrected chi connectivity index (χ3v) is 5.56. The van der Waals surface area contributed by atoms with Crippen molar-refractivity contribution in [3.05, 3.63) is 25.3 Å². The molecule has 1 saturated heterocycles. The zero-order chi connectivity index (χ0) is 22.6. The highest BCUT2D eigenvalue weighted by Crippen LogP contribution is 2.21. The van der Waals surface area contributed by atoms with Gasteiger partial charge in [-0.05, 0) is 82.5 Å². The Morgan fingerprint density at radius 3 is 1.87 bits per heavy atom. The first-order chi connectivity index (χ1) is 15.2. The summed E-state index contributed by atoms with van der Waals surface area (Å²) in [6.45, 7) is 14.7. The molecular weight excluding hydrogens is 394 g/mol. The smallest absolute Gasteiger partial charge is 0.243 e. The molecule has 7 heteroatoms. The lowest BCUT2D eigenvalue weighted by atomic mass is 9.92. The van der Waals surface area contributed by atoms with Crippen LogP contribution in [0, 0.1) is 5.92 Å². The van der Waals surface area contributed by atoms with Gasteiger partial charge in [0.05, 0.1) is 6.61 Å². The van der Waals surface area contributed by atoms with Crippen LogP contribution in [0.2, 0.25) is 0 Å². The van der Waals surface area contributed by atoms with Gasteiger partial charge in [0.1, 0.15) is 0 Å². The maximum absolute atomic E-state index is 11.0. The molecule has 7 nitrogen and oxygen atoms in total. The maximum atomic E-state index is 11.0. The Balaban J connectivity index is 1.84. The van der Waals surface area contributed by atoms with Gasteiger partial charge in [0, 0.05) is 39.5 Å². The van der Waals surface area contributed by atoms with E-state index in [-0.39, 0.29) is 11.8 Å². The molecule has 0 saturated carbocycles. The van der Waals surface area contributed by atoms with Crippen LogP contribution >= 0.6 is 0 Å². The third kappa shape index (κ3) is 15.7. The van der Waals surface area contributed by atoms with Crippen molar-refractivity contribution in [3.8, 4) is 0 Å². The van der Waals surface area contributed by atoms with E-state index in [0.717, 1.165) is 71.0 Å². The quantitative estimate of drug-likeness (QED) is 0.240. The summed E-state index contributed by atoms with van der Waals surface area (Å²) in [7, 11) is 0. The highest BCUT2D eigenvalue weighted by atomic mass is 16.5. The summed E-state index contributed by atoms with van der Waals surface area (Å²) >= 11 is 0. The Bertz CT molecular complexity index is 505. The minimum absolute atomic E-state index is 0.109. The second-order valence-corrected chi connectivity index (χ2v) is 8.06. The summed E-state index contributed by atoms with van der Waals surface area (Å²) in [5.74, 6) is 0.600. The van der Waals surface area contributed by atoms with Crippen molar-refractivity contribution in [1.82, 2.24) is 15.5 Å². The number of carbonyl (C=O) groups excluding carboxylic acids is 2. The first kappa shape index (κ1) is 27.3. The van der Waals surface area contributed by atoms with Gasteiger partial charge in [0.25, 0.3) is 0 Å². The first-order valence-electron chi connectivity index (χ1n) is 11.8. The zero-order valence-electron chi connectivity index (χ0n) is 19.2. The number of carbonyl (C=O) groups is 2. The molecule has 178 valence electrons. The summed E-state index contributed by atoms with van der Waals surface area (Å²) in [5.41, 5.74) is 0. The van der Waals surface area contributed by atoms with Gasteiger partial charge in [-0.2, -0.15) is 0 Å². The van der Waals surface area contributed by atoms with Crippen LogP contribution in [0.5, 0.6) is 0 Å². The van der Waals surface area contributed by atoms with Crippen LogP contribution in [0.1, 0.15) is 51.4 Å². The Morgan fingerprint density at radius 2 is 1.32 bits per heavy atom. The number of amides is 2. The van der Waals surface area contributed by atoms with Gasteiger partial charge in [-0.25, -0.2) is 0 Å². The summed E-state index contributed by atoms with van der Waals surface area (Å²) in [4.78, 5) is 24.5. The van der Waals surface area contributed by atoms with Gasteiger partial charge in [-0.3, -0.25) is 9.59 Å². The standard InChI is InChI=1S/C24H43N3O4/c1-3-23(28)25-13-5-7-18-30-20-9-10-22-11-15-27(16-12-22)17-21-31-19-8-6-14-26-24(29)4-2/h3-4,22H,1-2,5-21H2,(H,25,28)(H,26,29). The molecule has 0 aliphatic carbocycles. The van der Waals surface area contributed by atoms with E-state index >= 15 is 0 Å².